The van der Waals surface area contributed by atoms with Crippen LogP contribution < -0.4 is 5.32 Å². The van der Waals surface area contributed by atoms with Crippen molar-refractivity contribution in [2.75, 3.05) is 12.9 Å². The summed E-state index contributed by atoms with van der Waals surface area (Å²) in [5.41, 5.74) is 0.889. The molecular weight excluding hydrogens is 257 g/mol. The number of amides is 1. The van der Waals surface area contributed by atoms with Crippen LogP contribution in [0.1, 0.15) is 5.82 Å². The maximum absolute atomic E-state index is 13.6. The number of para-hydroxylation sites is 1. The third kappa shape index (κ3) is 2.31. The average molecular weight is 270 g/mol. The molecule has 0 fully saturated rings. The van der Waals surface area contributed by atoms with Crippen LogP contribution in [-0.4, -0.2) is 28.4 Å². The molecule has 18 heavy (non-hydrogen) atoms. The third-order valence-electron chi connectivity index (χ3n) is 2.71. The highest BCUT2D eigenvalue weighted by molar-refractivity contribution is 6.17. The van der Waals surface area contributed by atoms with Crippen molar-refractivity contribution in [3.63, 3.8) is 0 Å². The lowest BCUT2D eigenvalue weighted by Crippen LogP contribution is -2.24. The molecule has 1 amide bonds. The number of halogens is 2. The summed E-state index contributed by atoms with van der Waals surface area (Å²) in [6.45, 7) is 0.114. The fourth-order valence-corrected chi connectivity index (χ4v) is 2.00. The lowest BCUT2D eigenvalue weighted by atomic mass is 10.3. The number of fused-ring (bicyclic) bond motifs is 1. The fourth-order valence-electron chi connectivity index (χ4n) is 1.84. The number of hydrogen-bond donors (Lipinski definition) is 1. The molecule has 0 unspecified atom stereocenters. The minimum absolute atomic E-state index is 0.114. The van der Waals surface area contributed by atoms with E-state index in [9.17, 15) is 9.18 Å². The van der Waals surface area contributed by atoms with Crippen LogP contribution in [0.15, 0.2) is 18.2 Å². The zero-order valence-electron chi connectivity index (χ0n) is 9.91. The van der Waals surface area contributed by atoms with Crippen LogP contribution in [0.2, 0.25) is 0 Å². The molecule has 1 N–H and O–H groups in total. The number of aromatic nitrogens is 2. The number of likely N-dealkylation sites (N-methyl/N-ethyl adjacent to an activating group) is 1. The van der Waals surface area contributed by atoms with Gasteiger partial charge in [0.15, 0.2) is 5.82 Å². The second kappa shape index (κ2) is 5.35. The predicted octanol–water partition coefficient (Wildman–Crippen LogP) is 1.70. The Hall–Kier alpha value is -1.62. The van der Waals surface area contributed by atoms with Crippen molar-refractivity contribution >= 4 is 28.5 Å². The molecule has 0 saturated carbocycles. The zero-order valence-corrected chi connectivity index (χ0v) is 10.7. The zero-order chi connectivity index (χ0) is 13.1. The number of carbonyl (C=O) groups is 1. The van der Waals surface area contributed by atoms with Crippen molar-refractivity contribution < 1.29 is 9.18 Å². The van der Waals surface area contributed by atoms with Crippen molar-refractivity contribution in [2.45, 2.75) is 13.0 Å². The van der Waals surface area contributed by atoms with Gasteiger partial charge in [0.1, 0.15) is 17.9 Å². The SMILES string of the molecule is CNC(=O)Cn1c(CCCl)nc2c(F)cccc21. The number of nitrogens with one attached hydrogen (secondary N) is 1. The fraction of sp³-hybridized carbons (Fsp3) is 0.333. The number of aryl methyl sites for hydroxylation is 1. The first-order valence-corrected chi connectivity index (χ1v) is 6.11. The van der Waals surface area contributed by atoms with Gasteiger partial charge in [0, 0.05) is 19.3 Å². The first-order chi connectivity index (χ1) is 8.67. The van der Waals surface area contributed by atoms with Crippen LogP contribution in [0.3, 0.4) is 0 Å². The van der Waals surface area contributed by atoms with Gasteiger partial charge in [-0.25, -0.2) is 9.37 Å². The van der Waals surface area contributed by atoms with Crippen LogP contribution in [0, 0.1) is 5.82 Å². The number of alkyl halides is 1. The van der Waals surface area contributed by atoms with Gasteiger partial charge < -0.3 is 9.88 Å². The van der Waals surface area contributed by atoms with E-state index in [0.29, 0.717) is 23.6 Å². The molecule has 1 aromatic heterocycles. The summed E-state index contributed by atoms with van der Waals surface area (Å²) < 4.78 is 15.3. The van der Waals surface area contributed by atoms with E-state index in [1.165, 1.54) is 6.07 Å². The number of imidazole rings is 1. The van der Waals surface area contributed by atoms with E-state index in [0.717, 1.165) is 0 Å². The van der Waals surface area contributed by atoms with Gasteiger partial charge in [0.25, 0.3) is 0 Å². The van der Waals surface area contributed by atoms with Crippen molar-refractivity contribution in [2.24, 2.45) is 0 Å². The molecule has 0 aliphatic rings. The van der Waals surface area contributed by atoms with Crippen LogP contribution in [0.4, 0.5) is 4.39 Å². The van der Waals surface area contributed by atoms with Gasteiger partial charge in [-0.3, -0.25) is 4.79 Å². The standard InChI is InChI=1S/C12H13ClFN3O/c1-15-11(18)7-17-9-4-2-3-8(14)12(9)16-10(17)5-6-13/h2-4H,5-7H2,1H3,(H,15,18). The monoisotopic (exact) mass is 269 g/mol. The number of rotatable bonds is 4. The second-order valence-electron chi connectivity index (χ2n) is 3.83. The molecule has 0 aliphatic heterocycles. The van der Waals surface area contributed by atoms with Crippen LogP contribution in [0.25, 0.3) is 11.0 Å². The highest BCUT2D eigenvalue weighted by Gasteiger charge is 2.14. The third-order valence-corrected chi connectivity index (χ3v) is 2.90. The lowest BCUT2D eigenvalue weighted by molar-refractivity contribution is -0.121. The normalized spacial score (nSPS) is 10.8. The Labute approximate surface area is 109 Å². The number of nitrogens with zero attached hydrogens (tertiary/aromatic N) is 2. The second-order valence-corrected chi connectivity index (χ2v) is 4.21. The maximum Gasteiger partial charge on any atom is 0.239 e. The van der Waals surface area contributed by atoms with Crippen molar-refractivity contribution in [3.05, 3.63) is 29.8 Å². The summed E-state index contributed by atoms with van der Waals surface area (Å²) >= 11 is 5.70. The Morgan fingerprint density at radius 3 is 3.00 bits per heavy atom. The number of hydrogen-bond acceptors (Lipinski definition) is 2. The molecule has 0 aliphatic carbocycles. The molecule has 0 spiro atoms. The van der Waals surface area contributed by atoms with Gasteiger partial charge in [-0.1, -0.05) is 6.07 Å². The average Bonchev–Trinajstić information content (AvgIpc) is 2.70. The largest absolute Gasteiger partial charge is 0.358 e. The van der Waals surface area contributed by atoms with Crippen molar-refractivity contribution in [3.8, 4) is 0 Å². The maximum atomic E-state index is 13.6. The minimum Gasteiger partial charge on any atom is -0.358 e. The number of benzene rings is 1. The molecule has 6 heteroatoms. The molecule has 0 radical (unpaired) electrons. The molecule has 4 nitrogen and oxygen atoms in total. The minimum atomic E-state index is -0.390. The number of carbonyl (C=O) groups excluding carboxylic acids is 1. The Morgan fingerprint density at radius 2 is 2.33 bits per heavy atom. The summed E-state index contributed by atoms with van der Waals surface area (Å²) in [7, 11) is 1.56. The summed E-state index contributed by atoms with van der Waals surface area (Å²) in [6, 6.07) is 4.69. The predicted molar refractivity (Wildman–Crippen MR) is 68.2 cm³/mol. The van der Waals surface area contributed by atoms with Gasteiger partial charge >= 0.3 is 0 Å². The Bertz CT molecular complexity index is 582. The Balaban J connectivity index is 2.55. The lowest BCUT2D eigenvalue weighted by Gasteiger charge is -2.07. The molecule has 1 heterocycles. The summed E-state index contributed by atoms with van der Waals surface area (Å²) in [5.74, 6) is 0.445. The van der Waals surface area contributed by atoms with Crippen molar-refractivity contribution in [1.82, 2.24) is 14.9 Å². The summed E-state index contributed by atoms with van der Waals surface area (Å²) in [6.07, 6.45) is 0.493. The van der Waals surface area contributed by atoms with E-state index in [2.05, 4.69) is 10.3 Å². The first kappa shape index (κ1) is 12.8. The molecule has 0 atom stereocenters. The molecular formula is C12H13ClFN3O. The molecule has 0 bridgehead atoms. The first-order valence-electron chi connectivity index (χ1n) is 5.57. The van der Waals surface area contributed by atoms with E-state index in [-0.39, 0.29) is 23.8 Å². The molecule has 1 aromatic carbocycles. The molecule has 2 rings (SSSR count). The van der Waals surface area contributed by atoms with Crippen LogP contribution in [0.5, 0.6) is 0 Å². The smallest absolute Gasteiger partial charge is 0.239 e. The summed E-state index contributed by atoms with van der Waals surface area (Å²) in [5, 5.41) is 2.54. The van der Waals surface area contributed by atoms with Crippen molar-refractivity contribution in [1.29, 1.82) is 0 Å². The Kier molecular flexibility index (Phi) is 3.81. The van der Waals surface area contributed by atoms with E-state index in [1.54, 1.807) is 23.7 Å². The molecule has 2 aromatic rings. The van der Waals surface area contributed by atoms with Gasteiger partial charge in [0.2, 0.25) is 5.91 Å². The van der Waals surface area contributed by atoms with E-state index in [4.69, 9.17) is 11.6 Å². The van der Waals surface area contributed by atoms with E-state index in [1.807, 2.05) is 0 Å². The van der Waals surface area contributed by atoms with Gasteiger partial charge in [-0.15, -0.1) is 11.6 Å². The van der Waals surface area contributed by atoms with Gasteiger partial charge in [-0.05, 0) is 12.1 Å². The van der Waals surface area contributed by atoms with Gasteiger partial charge in [-0.2, -0.15) is 0 Å². The quantitative estimate of drug-likeness (QED) is 0.859. The Morgan fingerprint density at radius 1 is 1.56 bits per heavy atom. The summed E-state index contributed by atoms with van der Waals surface area (Å²) in [4.78, 5) is 15.7. The molecule has 0 saturated heterocycles. The van der Waals surface area contributed by atoms with E-state index >= 15 is 0 Å². The van der Waals surface area contributed by atoms with Crippen LogP contribution >= 0.6 is 11.6 Å². The van der Waals surface area contributed by atoms with Gasteiger partial charge in [0.05, 0.1) is 5.52 Å². The molecule has 96 valence electrons. The van der Waals surface area contributed by atoms with Crippen LogP contribution in [-0.2, 0) is 17.8 Å². The highest BCUT2D eigenvalue weighted by atomic mass is 35.5. The topological polar surface area (TPSA) is 46.9 Å². The highest BCUT2D eigenvalue weighted by Crippen LogP contribution is 2.19. The van der Waals surface area contributed by atoms with E-state index < -0.39 is 0 Å².